The normalized spacial score (nSPS) is 13.0. The fourth-order valence-electron chi connectivity index (χ4n) is 2.96. The van der Waals surface area contributed by atoms with Crippen LogP contribution in [0.15, 0.2) is 39.3 Å². The Kier molecular flexibility index (Phi) is 5.23. The van der Waals surface area contributed by atoms with Crippen molar-refractivity contribution in [2.75, 3.05) is 11.1 Å². The number of rotatable bonds is 5. The average Bonchev–Trinajstić information content (AvgIpc) is 3.37. The molecule has 27 heavy (non-hydrogen) atoms. The summed E-state index contributed by atoms with van der Waals surface area (Å²) in [4.78, 5) is 21.3. The number of carbonyl (C=O) groups is 1. The second-order valence-electron chi connectivity index (χ2n) is 6.12. The lowest BCUT2D eigenvalue weighted by atomic mass is 9.95. The van der Waals surface area contributed by atoms with E-state index in [4.69, 9.17) is 4.42 Å². The van der Waals surface area contributed by atoms with E-state index in [1.54, 1.807) is 12.3 Å². The molecular weight excluding hydrogens is 380 g/mol. The van der Waals surface area contributed by atoms with E-state index < -0.39 is 0 Å². The third kappa shape index (κ3) is 4.04. The van der Waals surface area contributed by atoms with E-state index in [9.17, 15) is 10.1 Å². The van der Waals surface area contributed by atoms with E-state index in [2.05, 4.69) is 21.4 Å². The van der Waals surface area contributed by atoms with Gasteiger partial charge in [0.05, 0.1) is 17.6 Å². The van der Waals surface area contributed by atoms with Gasteiger partial charge in [0.25, 0.3) is 0 Å². The molecule has 1 amide bonds. The third-order valence-corrected chi connectivity index (χ3v) is 6.00. The molecule has 0 aliphatic heterocycles. The maximum absolute atomic E-state index is 12.3. The predicted molar refractivity (Wildman–Crippen MR) is 105 cm³/mol. The molecule has 1 N–H and O–H groups in total. The molecule has 3 aromatic rings. The first-order chi connectivity index (χ1) is 13.2. The van der Waals surface area contributed by atoms with Crippen LogP contribution in [0.1, 0.15) is 29.7 Å². The number of furan rings is 1. The van der Waals surface area contributed by atoms with Crippen LogP contribution in [0.5, 0.6) is 0 Å². The first kappa shape index (κ1) is 17.8. The molecule has 0 aromatic carbocycles. The van der Waals surface area contributed by atoms with Crippen molar-refractivity contribution < 1.29 is 9.21 Å². The first-order valence-corrected chi connectivity index (χ1v) is 10.4. The van der Waals surface area contributed by atoms with Gasteiger partial charge in [-0.2, -0.15) is 5.26 Å². The lowest BCUT2D eigenvalue weighted by Gasteiger charge is -2.16. The number of amides is 1. The maximum Gasteiger partial charge on any atom is 0.236 e. The van der Waals surface area contributed by atoms with Crippen molar-refractivity contribution in [2.45, 2.75) is 30.7 Å². The fraction of sp³-hybridized carbons (Fsp3) is 0.263. The Morgan fingerprint density at radius 1 is 1.37 bits per heavy atom. The van der Waals surface area contributed by atoms with Gasteiger partial charge >= 0.3 is 0 Å². The Bertz CT molecular complexity index is 1010. The van der Waals surface area contributed by atoms with E-state index >= 15 is 0 Å². The van der Waals surface area contributed by atoms with Crippen LogP contribution in [-0.2, 0) is 17.6 Å². The Hall–Kier alpha value is -2.63. The minimum atomic E-state index is -0.177. The summed E-state index contributed by atoms with van der Waals surface area (Å²) in [5, 5.41) is 15.2. The van der Waals surface area contributed by atoms with Crippen LogP contribution in [-0.4, -0.2) is 21.6 Å². The molecule has 0 saturated heterocycles. The minimum Gasteiger partial charge on any atom is -0.463 e. The number of anilines is 1. The molecule has 0 unspecified atom stereocenters. The molecule has 0 bridgehead atoms. The van der Waals surface area contributed by atoms with Gasteiger partial charge in [0, 0.05) is 11.1 Å². The standard InChI is InChI=1S/C19H16N4O2S2/c20-9-13-8-12-4-1-2-5-14(12)21-18(13)26-11-17(24)23-19-22-15(10-27-19)16-6-3-7-25-16/h3,6-8,10H,1-2,4-5,11H2,(H,22,23,24). The molecule has 1 aliphatic carbocycles. The number of thioether (sulfide) groups is 1. The van der Waals surface area contributed by atoms with Crippen LogP contribution >= 0.6 is 23.1 Å². The van der Waals surface area contributed by atoms with E-state index in [-0.39, 0.29) is 11.7 Å². The van der Waals surface area contributed by atoms with Gasteiger partial charge in [0.1, 0.15) is 16.8 Å². The molecule has 8 heteroatoms. The largest absolute Gasteiger partial charge is 0.463 e. The van der Waals surface area contributed by atoms with Crippen LogP contribution < -0.4 is 5.32 Å². The zero-order valence-electron chi connectivity index (χ0n) is 14.4. The van der Waals surface area contributed by atoms with Gasteiger partial charge in [0.2, 0.25) is 5.91 Å². The number of pyridine rings is 1. The highest BCUT2D eigenvalue weighted by Gasteiger charge is 2.17. The van der Waals surface area contributed by atoms with Gasteiger partial charge in [0.15, 0.2) is 10.9 Å². The minimum absolute atomic E-state index is 0.177. The molecule has 0 atom stereocenters. The first-order valence-electron chi connectivity index (χ1n) is 8.58. The number of nitriles is 1. The average molecular weight is 396 g/mol. The summed E-state index contributed by atoms with van der Waals surface area (Å²) >= 11 is 2.63. The number of thiazole rings is 1. The monoisotopic (exact) mass is 396 g/mol. The zero-order chi connectivity index (χ0) is 18.6. The number of carbonyl (C=O) groups excluding carboxylic acids is 1. The molecule has 6 nitrogen and oxygen atoms in total. The molecule has 3 aromatic heterocycles. The van der Waals surface area contributed by atoms with Gasteiger partial charge in [-0.1, -0.05) is 11.8 Å². The Balaban J connectivity index is 1.40. The Labute approximate surface area is 164 Å². The van der Waals surface area contributed by atoms with Crippen LogP contribution in [0.4, 0.5) is 5.13 Å². The Morgan fingerprint density at radius 2 is 2.26 bits per heavy atom. The van der Waals surface area contributed by atoms with E-state index in [0.717, 1.165) is 31.4 Å². The van der Waals surface area contributed by atoms with Crippen molar-refractivity contribution in [2.24, 2.45) is 0 Å². The second-order valence-corrected chi connectivity index (χ2v) is 7.94. The van der Waals surface area contributed by atoms with E-state index in [1.165, 1.54) is 28.7 Å². The van der Waals surface area contributed by atoms with Crippen molar-refractivity contribution in [1.82, 2.24) is 9.97 Å². The van der Waals surface area contributed by atoms with Crippen LogP contribution in [0, 0.1) is 11.3 Å². The molecule has 0 saturated carbocycles. The van der Waals surface area contributed by atoms with Gasteiger partial charge in [-0.25, -0.2) is 9.97 Å². The quantitative estimate of drug-likeness (QED) is 0.647. The summed E-state index contributed by atoms with van der Waals surface area (Å²) in [6.07, 6.45) is 5.77. The molecular formula is C19H16N4O2S2. The summed E-state index contributed by atoms with van der Waals surface area (Å²) in [5.74, 6) is 0.664. The van der Waals surface area contributed by atoms with Gasteiger partial charge in [-0.05, 0) is 49.4 Å². The third-order valence-electron chi connectivity index (χ3n) is 4.25. The molecule has 1 aliphatic rings. The van der Waals surface area contributed by atoms with Crippen molar-refractivity contribution in [1.29, 1.82) is 5.26 Å². The number of hydrogen-bond acceptors (Lipinski definition) is 7. The highest BCUT2D eigenvalue weighted by Crippen LogP contribution is 2.28. The van der Waals surface area contributed by atoms with Crippen LogP contribution in [0.3, 0.4) is 0 Å². The summed E-state index contributed by atoms with van der Waals surface area (Å²) in [7, 11) is 0. The molecule has 4 rings (SSSR count). The van der Waals surface area contributed by atoms with Gasteiger partial charge in [-0.15, -0.1) is 11.3 Å². The van der Waals surface area contributed by atoms with Gasteiger partial charge < -0.3 is 9.73 Å². The molecule has 136 valence electrons. The number of nitrogens with zero attached hydrogens (tertiary/aromatic N) is 3. The number of aromatic nitrogens is 2. The Morgan fingerprint density at radius 3 is 3.07 bits per heavy atom. The topological polar surface area (TPSA) is 91.8 Å². The number of aryl methyl sites for hydroxylation is 2. The fourth-order valence-corrected chi connectivity index (χ4v) is 4.45. The van der Waals surface area contributed by atoms with Crippen LogP contribution in [0.25, 0.3) is 11.5 Å². The summed E-state index contributed by atoms with van der Waals surface area (Å²) < 4.78 is 5.30. The molecule has 0 radical (unpaired) electrons. The van der Waals surface area contributed by atoms with E-state index in [0.29, 0.717) is 27.2 Å². The molecule has 0 fully saturated rings. The lowest BCUT2D eigenvalue weighted by molar-refractivity contribution is -0.113. The molecule has 0 spiro atoms. The van der Waals surface area contributed by atoms with Crippen LogP contribution in [0.2, 0.25) is 0 Å². The summed E-state index contributed by atoms with van der Waals surface area (Å²) in [6.45, 7) is 0. The van der Waals surface area contributed by atoms with E-state index in [1.807, 2.05) is 17.5 Å². The van der Waals surface area contributed by atoms with Gasteiger partial charge in [-0.3, -0.25) is 4.79 Å². The maximum atomic E-state index is 12.3. The number of fused-ring (bicyclic) bond motifs is 1. The smallest absolute Gasteiger partial charge is 0.236 e. The SMILES string of the molecule is N#Cc1cc2c(nc1SCC(=O)Nc1nc(-c3ccco3)cs1)CCCC2. The van der Waals surface area contributed by atoms with Crippen molar-refractivity contribution in [3.8, 4) is 17.5 Å². The van der Waals surface area contributed by atoms with Crippen molar-refractivity contribution >= 4 is 34.1 Å². The molecule has 3 heterocycles. The predicted octanol–water partition coefficient (Wildman–Crippen LogP) is 4.28. The summed E-state index contributed by atoms with van der Waals surface area (Å²) in [5.41, 5.74) is 3.46. The second kappa shape index (κ2) is 7.94. The lowest BCUT2D eigenvalue weighted by Crippen LogP contribution is -2.14. The van der Waals surface area contributed by atoms with Crippen molar-refractivity contribution in [3.63, 3.8) is 0 Å². The van der Waals surface area contributed by atoms with Crippen molar-refractivity contribution in [3.05, 3.63) is 46.7 Å². The number of nitrogens with one attached hydrogen (secondary N) is 1. The highest BCUT2D eigenvalue weighted by atomic mass is 32.2. The summed E-state index contributed by atoms with van der Waals surface area (Å²) in [6, 6.07) is 7.75. The highest BCUT2D eigenvalue weighted by molar-refractivity contribution is 8.00. The number of hydrogen-bond donors (Lipinski definition) is 1. The zero-order valence-corrected chi connectivity index (χ0v) is 16.0.